The van der Waals surface area contributed by atoms with Crippen molar-refractivity contribution in [3.8, 4) is 0 Å². The minimum absolute atomic E-state index is 0.0179. The summed E-state index contributed by atoms with van der Waals surface area (Å²) in [6.07, 6.45) is 2.66. The number of aromatic amines is 2. The Hall–Kier alpha value is -2.92. The minimum Gasteiger partial charge on any atom is -0.306 e. The molecule has 1 aromatic carbocycles. The molecule has 3 heterocycles. The number of nitrogens with zero attached hydrogens (tertiary/aromatic N) is 3. The molecule has 3 aromatic rings. The third-order valence-corrected chi connectivity index (χ3v) is 6.07. The molecular formula is C16H18N6O4S. The number of nitrogens with one attached hydrogen (secondary N) is 3. The summed E-state index contributed by atoms with van der Waals surface area (Å²) in [7, 11) is -2.21. The predicted octanol–water partition coefficient (Wildman–Crippen LogP) is 0.0636. The highest BCUT2D eigenvalue weighted by Gasteiger charge is 2.34. The molecule has 10 nitrogen and oxygen atoms in total. The Bertz CT molecular complexity index is 1170. The monoisotopic (exact) mass is 390 g/mol. The van der Waals surface area contributed by atoms with Crippen molar-refractivity contribution in [1.82, 2.24) is 24.5 Å². The fraction of sp³-hybridized carbons (Fsp3) is 0.312. The first-order chi connectivity index (χ1) is 12.8. The number of carbonyl (C=O) groups is 1. The van der Waals surface area contributed by atoms with E-state index in [-0.39, 0.29) is 10.8 Å². The normalized spacial score (nSPS) is 18.3. The average Bonchev–Trinajstić information content (AvgIpc) is 3.20. The lowest BCUT2D eigenvalue weighted by Gasteiger charge is -2.32. The van der Waals surface area contributed by atoms with Gasteiger partial charge in [-0.2, -0.15) is 9.82 Å². The second-order valence-electron chi connectivity index (χ2n) is 6.41. The van der Waals surface area contributed by atoms with E-state index < -0.39 is 21.8 Å². The Morgan fingerprint density at radius 3 is 2.70 bits per heavy atom. The zero-order valence-electron chi connectivity index (χ0n) is 14.5. The standard InChI is InChI=1S/C16H18N6O4S/c1-21-14(6-7-17-21)22-8-2-3-12(15(22)23)20-27(25,26)10-4-5-11-13(9-10)19-16(24)18-11/h4-7,9,12,20H,2-3,8H2,1H3,(H2,18,19,24). The quantitative estimate of drug-likeness (QED) is 0.579. The highest BCUT2D eigenvalue weighted by molar-refractivity contribution is 7.89. The third-order valence-electron chi connectivity index (χ3n) is 4.61. The van der Waals surface area contributed by atoms with Gasteiger partial charge in [-0.1, -0.05) is 0 Å². The van der Waals surface area contributed by atoms with Crippen LogP contribution in [0.2, 0.25) is 0 Å². The van der Waals surface area contributed by atoms with E-state index in [4.69, 9.17) is 0 Å². The Balaban J connectivity index is 1.60. The summed E-state index contributed by atoms with van der Waals surface area (Å²) in [5, 5.41) is 4.06. The molecule has 2 aromatic heterocycles. The number of sulfonamides is 1. The Labute approximate surface area is 154 Å². The summed E-state index contributed by atoms with van der Waals surface area (Å²) in [5.41, 5.74) is 0.478. The Kier molecular flexibility index (Phi) is 4.12. The first-order valence-corrected chi connectivity index (χ1v) is 9.87. The number of rotatable bonds is 4. The number of imidazole rings is 1. The van der Waals surface area contributed by atoms with Crippen LogP contribution in [-0.2, 0) is 21.9 Å². The molecule has 1 unspecified atom stereocenters. The largest absolute Gasteiger partial charge is 0.323 e. The molecule has 1 fully saturated rings. The molecule has 1 amide bonds. The van der Waals surface area contributed by atoms with Crippen LogP contribution < -0.4 is 15.3 Å². The van der Waals surface area contributed by atoms with E-state index in [9.17, 15) is 18.0 Å². The van der Waals surface area contributed by atoms with Crippen molar-refractivity contribution in [2.45, 2.75) is 23.8 Å². The summed E-state index contributed by atoms with van der Waals surface area (Å²) in [5.74, 6) is 0.305. The van der Waals surface area contributed by atoms with Gasteiger partial charge in [0.15, 0.2) is 0 Å². The molecule has 1 saturated heterocycles. The molecule has 0 radical (unpaired) electrons. The number of carbonyl (C=O) groups excluding carboxylic acids is 1. The fourth-order valence-corrected chi connectivity index (χ4v) is 4.53. The zero-order valence-corrected chi connectivity index (χ0v) is 15.3. The molecule has 3 N–H and O–H groups in total. The lowest BCUT2D eigenvalue weighted by Crippen LogP contribution is -2.52. The molecular weight excluding hydrogens is 372 g/mol. The summed E-state index contributed by atoms with van der Waals surface area (Å²) in [6, 6.07) is 5.11. The van der Waals surface area contributed by atoms with Gasteiger partial charge in [-0.3, -0.25) is 14.4 Å². The Morgan fingerprint density at radius 2 is 1.96 bits per heavy atom. The number of aryl methyl sites for hydroxylation is 1. The molecule has 142 valence electrons. The molecule has 0 spiro atoms. The van der Waals surface area contributed by atoms with Crippen LogP contribution in [0.4, 0.5) is 5.82 Å². The number of piperidine rings is 1. The van der Waals surface area contributed by atoms with Gasteiger partial charge < -0.3 is 9.97 Å². The van der Waals surface area contributed by atoms with Gasteiger partial charge in [0.1, 0.15) is 11.9 Å². The van der Waals surface area contributed by atoms with Crippen molar-refractivity contribution in [1.29, 1.82) is 0 Å². The van der Waals surface area contributed by atoms with Crippen LogP contribution in [0.25, 0.3) is 11.0 Å². The summed E-state index contributed by atoms with van der Waals surface area (Å²) in [6.45, 7) is 0.507. The van der Waals surface area contributed by atoms with Crippen LogP contribution in [0.1, 0.15) is 12.8 Å². The molecule has 11 heteroatoms. The van der Waals surface area contributed by atoms with E-state index in [0.717, 1.165) is 0 Å². The van der Waals surface area contributed by atoms with E-state index in [0.29, 0.717) is 36.2 Å². The molecule has 0 saturated carbocycles. The van der Waals surface area contributed by atoms with Gasteiger partial charge in [-0.15, -0.1) is 0 Å². The SMILES string of the molecule is Cn1nccc1N1CCCC(NS(=O)(=O)c2ccc3[nH]c(=O)[nH]c3c2)C1=O. The second-order valence-corrected chi connectivity index (χ2v) is 8.12. The third kappa shape index (κ3) is 3.15. The lowest BCUT2D eigenvalue weighted by molar-refractivity contribution is -0.121. The van der Waals surface area contributed by atoms with Crippen LogP contribution in [-0.4, -0.2) is 46.7 Å². The zero-order chi connectivity index (χ0) is 19.2. The Morgan fingerprint density at radius 1 is 1.19 bits per heavy atom. The summed E-state index contributed by atoms with van der Waals surface area (Å²) < 4.78 is 29.6. The first-order valence-electron chi connectivity index (χ1n) is 8.39. The van der Waals surface area contributed by atoms with Crippen LogP contribution in [0.15, 0.2) is 40.2 Å². The van der Waals surface area contributed by atoms with Gasteiger partial charge in [-0.05, 0) is 31.0 Å². The van der Waals surface area contributed by atoms with Gasteiger partial charge >= 0.3 is 5.69 Å². The number of anilines is 1. The average molecular weight is 390 g/mol. The molecule has 0 bridgehead atoms. The van der Waals surface area contributed by atoms with Crippen LogP contribution in [0.3, 0.4) is 0 Å². The van der Waals surface area contributed by atoms with Gasteiger partial charge in [0.05, 0.1) is 22.1 Å². The van der Waals surface area contributed by atoms with Crippen molar-refractivity contribution in [3.05, 3.63) is 40.9 Å². The maximum Gasteiger partial charge on any atom is 0.323 e. The first kappa shape index (κ1) is 17.5. The molecule has 27 heavy (non-hydrogen) atoms. The van der Waals surface area contributed by atoms with Crippen molar-refractivity contribution in [3.63, 3.8) is 0 Å². The number of benzene rings is 1. The maximum absolute atomic E-state index is 12.8. The molecule has 1 atom stereocenters. The number of hydrogen-bond acceptors (Lipinski definition) is 5. The van der Waals surface area contributed by atoms with Crippen molar-refractivity contribution in [2.24, 2.45) is 7.05 Å². The van der Waals surface area contributed by atoms with E-state index in [1.54, 1.807) is 24.0 Å². The number of H-pyrrole nitrogens is 2. The smallest absolute Gasteiger partial charge is 0.306 e. The predicted molar refractivity (Wildman–Crippen MR) is 97.8 cm³/mol. The van der Waals surface area contributed by atoms with Gasteiger partial charge in [0.2, 0.25) is 15.9 Å². The maximum atomic E-state index is 12.8. The highest BCUT2D eigenvalue weighted by Crippen LogP contribution is 2.22. The van der Waals surface area contributed by atoms with Gasteiger partial charge in [0, 0.05) is 19.7 Å². The fourth-order valence-electron chi connectivity index (χ4n) is 3.28. The van der Waals surface area contributed by atoms with Crippen LogP contribution in [0.5, 0.6) is 0 Å². The number of amides is 1. The number of hydrogen-bond donors (Lipinski definition) is 3. The highest BCUT2D eigenvalue weighted by atomic mass is 32.2. The number of aromatic nitrogens is 4. The topological polar surface area (TPSA) is 133 Å². The van der Waals surface area contributed by atoms with E-state index >= 15 is 0 Å². The molecule has 0 aliphatic carbocycles. The molecule has 1 aliphatic rings. The number of fused-ring (bicyclic) bond motifs is 1. The minimum atomic E-state index is -3.93. The summed E-state index contributed by atoms with van der Waals surface area (Å²) in [4.78, 5) is 30.8. The van der Waals surface area contributed by atoms with E-state index in [2.05, 4.69) is 19.8 Å². The van der Waals surface area contributed by atoms with Gasteiger partial charge in [0.25, 0.3) is 0 Å². The molecule has 1 aliphatic heterocycles. The van der Waals surface area contributed by atoms with E-state index in [1.165, 1.54) is 23.1 Å². The van der Waals surface area contributed by atoms with E-state index in [1.807, 2.05) is 0 Å². The summed E-state index contributed by atoms with van der Waals surface area (Å²) >= 11 is 0. The molecule has 4 rings (SSSR count). The second kappa shape index (κ2) is 6.35. The van der Waals surface area contributed by atoms with Crippen LogP contribution in [0, 0.1) is 0 Å². The van der Waals surface area contributed by atoms with Crippen molar-refractivity contribution >= 4 is 32.8 Å². The van der Waals surface area contributed by atoms with Crippen LogP contribution >= 0.6 is 0 Å². The lowest BCUT2D eigenvalue weighted by atomic mass is 10.1. The van der Waals surface area contributed by atoms with Gasteiger partial charge in [-0.25, -0.2) is 13.2 Å². The van der Waals surface area contributed by atoms with Crippen molar-refractivity contribution < 1.29 is 13.2 Å². The van der Waals surface area contributed by atoms with Crippen molar-refractivity contribution in [2.75, 3.05) is 11.4 Å².